The predicted molar refractivity (Wildman–Crippen MR) is 73.6 cm³/mol. The minimum atomic E-state index is -0.658. The van der Waals surface area contributed by atoms with E-state index in [0.717, 1.165) is 6.07 Å². The fourth-order valence-corrected chi connectivity index (χ4v) is 2.44. The Morgan fingerprint density at radius 2 is 2.19 bits per heavy atom. The van der Waals surface area contributed by atoms with Crippen LogP contribution in [-0.2, 0) is 9.53 Å². The average molecular weight is 295 g/mol. The Labute approximate surface area is 122 Å². The van der Waals surface area contributed by atoms with Crippen molar-refractivity contribution in [2.45, 2.75) is 25.8 Å². The van der Waals surface area contributed by atoms with Crippen LogP contribution in [0.5, 0.6) is 5.75 Å². The standard InChI is InChI=1S/C15H18FNO4/c1-3-21-15(19)13-5-4-8-17(13)14(18)11-7-6-10(20-2)9-12(11)16/h6-7,9,13H,3-5,8H2,1-2H3. The number of benzene rings is 1. The monoisotopic (exact) mass is 295 g/mol. The van der Waals surface area contributed by atoms with Crippen LogP contribution in [0.1, 0.15) is 30.1 Å². The molecule has 1 fully saturated rings. The Bertz CT molecular complexity index is 546. The molecule has 2 rings (SSSR count). The van der Waals surface area contributed by atoms with Crippen molar-refractivity contribution in [2.24, 2.45) is 0 Å². The van der Waals surface area contributed by atoms with E-state index in [1.807, 2.05) is 0 Å². The Morgan fingerprint density at radius 3 is 2.81 bits per heavy atom. The van der Waals surface area contributed by atoms with Crippen LogP contribution in [0.3, 0.4) is 0 Å². The van der Waals surface area contributed by atoms with Gasteiger partial charge in [-0.1, -0.05) is 0 Å². The molecule has 6 heteroatoms. The number of nitrogens with zero attached hydrogens (tertiary/aromatic N) is 1. The third-order valence-corrected chi connectivity index (χ3v) is 3.48. The third kappa shape index (κ3) is 3.15. The SMILES string of the molecule is CCOC(=O)C1CCCN1C(=O)c1ccc(OC)cc1F. The van der Waals surface area contributed by atoms with E-state index in [0.29, 0.717) is 25.1 Å². The summed E-state index contributed by atoms with van der Waals surface area (Å²) in [4.78, 5) is 25.6. The molecule has 1 aliphatic rings. The molecule has 21 heavy (non-hydrogen) atoms. The van der Waals surface area contributed by atoms with E-state index in [1.54, 1.807) is 6.92 Å². The summed E-state index contributed by atoms with van der Waals surface area (Å²) in [7, 11) is 1.42. The minimum absolute atomic E-state index is 0.0630. The number of likely N-dealkylation sites (tertiary alicyclic amines) is 1. The number of methoxy groups -OCH3 is 1. The van der Waals surface area contributed by atoms with Gasteiger partial charge < -0.3 is 14.4 Å². The molecule has 1 saturated heterocycles. The number of halogens is 1. The lowest BCUT2D eigenvalue weighted by Gasteiger charge is -2.23. The Kier molecular flexibility index (Phi) is 4.77. The van der Waals surface area contributed by atoms with Crippen LogP contribution in [-0.4, -0.2) is 43.1 Å². The molecule has 0 aliphatic carbocycles. The summed E-state index contributed by atoms with van der Waals surface area (Å²) in [6.07, 6.45) is 1.25. The van der Waals surface area contributed by atoms with Crippen molar-refractivity contribution >= 4 is 11.9 Å². The molecule has 5 nitrogen and oxygen atoms in total. The molecule has 1 aliphatic heterocycles. The number of carbonyl (C=O) groups excluding carboxylic acids is 2. The van der Waals surface area contributed by atoms with E-state index < -0.39 is 23.7 Å². The Hall–Kier alpha value is -2.11. The normalized spacial score (nSPS) is 17.7. The molecule has 0 aromatic heterocycles. The molecular weight excluding hydrogens is 277 g/mol. The van der Waals surface area contributed by atoms with Crippen LogP contribution < -0.4 is 4.74 Å². The number of ether oxygens (including phenoxy) is 2. The summed E-state index contributed by atoms with van der Waals surface area (Å²) in [5, 5.41) is 0. The van der Waals surface area contributed by atoms with E-state index in [-0.39, 0.29) is 12.2 Å². The zero-order valence-corrected chi connectivity index (χ0v) is 12.1. The Morgan fingerprint density at radius 1 is 1.43 bits per heavy atom. The molecule has 0 bridgehead atoms. The highest BCUT2D eigenvalue weighted by Crippen LogP contribution is 2.24. The second kappa shape index (κ2) is 6.56. The Balaban J connectivity index is 2.20. The number of hydrogen-bond donors (Lipinski definition) is 0. The molecule has 1 amide bonds. The smallest absolute Gasteiger partial charge is 0.328 e. The number of esters is 1. The van der Waals surface area contributed by atoms with E-state index in [2.05, 4.69) is 0 Å². The van der Waals surface area contributed by atoms with Crippen molar-refractivity contribution in [3.63, 3.8) is 0 Å². The second-order valence-corrected chi connectivity index (χ2v) is 4.75. The number of carbonyl (C=O) groups is 2. The number of rotatable bonds is 4. The van der Waals surface area contributed by atoms with E-state index in [4.69, 9.17) is 9.47 Å². The van der Waals surface area contributed by atoms with Gasteiger partial charge in [-0.25, -0.2) is 9.18 Å². The molecular formula is C15H18FNO4. The van der Waals surface area contributed by atoms with Gasteiger partial charge >= 0.3 is 5.97 Å². The van der Waals surface area contributed by atoms with E-state index >= 15 is 0 Å². The van der Waals surface area contributed by atoms with Crippen LogP contribution in [0, 0.1) is 5.82 Å². The fraction of sp³-hybridized carbons (Fsp3) is 0.467. The maximum atomic E-state index is 14.0. The number of hydrogen-bond acceptors (Lipinski definition) is 4. The van der Waals surface area contributed by atoms with Gasteiger partial charge in [0.05, 0.1) is 19.3 Å². The molecule has 0 radical (unpaired) electrons. The van der Waals surface area contributed by atoms with Gasteiger partial charge in [-0.2, -0.15) is 0 Å². The summed E-state index contributed by atoms with van der Waals surface area (Å²) in [5.41, 5.74) is -0.0630. The maximum Gasteiger partial charge on any atom is 0.328 e. The quantitative estimate of drug-likeness (QED) is 0.797. The first kappa shape index (κ1) is 15.3. The van der Waals surface area contributed by atoms with Crippen molar-refractivity contribution in [1.82, 2.24) is 4.90 Å². The lowest BCUT2D eigenvalue weighted by molar-refractivity contribution is -0.147. The molecule has 1 atom stereocenters. The van der Waals surface area contributed by atoms with E-state index in [9.17, 15) is 14.0 Å². The van der Waals surface area contributed by atoms with Crippen LogP contribution in [0.15, 0.2) is 18.2 Å². The van der Waals surface area contributed by atoms with Gasteiger partial charge in [0.25, 0.3) is 5.91 Å². The highest BCUT2D eigenvalue weighted by Gasteiger charge is 2.36. The van der Waals surface area contributed by atoms with Crippen molar-refractivity contribution in [1.29, 1.82) is 0 Å². The fourth-order valence-electron chi connectivity index (χ4n) is 2.44. The van der Waals surface area contributed by atoms with Crippen LogP contribution in [0.4, 0.5) is 4.39 Å². The van der Waals surface area contributed by atoms with Gasteiger partial charge in [0, 0.05) is 12.6 Å². The average Bonchev–Trinajstić information content (AvgIpc) is 2.96. The first-order valence-corrected chi connectivity index (χ1v) is 6.89. The first-order valence-electron chi connectivity index (χ1n) is 6.89. The van der Waals surface area contributed by atoms with Crippen LogP contribution >= 0.6 is 0 Å². The third-order valence-electron chi connectivity index (χ3n) is 3.48. The zero-order valence-electron chi connectivity index (χ0n) is 12.1. The molecule has 114 valence electrons. The van der Waals surface area contributed by atoms with E-state index in [1.165, 1.54) is 24.1 Å². The van der Waals surface area contributed by atoms with Crippen molar-refractivity contribution in [3.05, 3.63) is 29.6 Å². The van der Waals surface area contributed by atoms with Gasteiger partial charge in [0.1, 0.15) is 17.6 Å². The summed E-state index contributed by atoms with van der Waals surface area (Å²) in [6, 6.07) is 3.42. The van der Waals surface area contributed by atoms with Crippen molar-refractivity contribution in [3.8, 4) is 5.75 Å². The highest BCUT2D eigenvalue weighted by molar-refractivity contribution is 5.97. The summed E-state index contributed by atoms with van der Waals surface area (Å²) in [6.45, 7) is 2.39. The summed E-state index contributed by atoms with van der Waals surface area (Å²) < 4.78 is 23.8. The zero-order chi connectivity index (χ0) is 15.4. The van der Waals surface area contributed by atoms with Gasteiger partial charge in [-0.15, -0.1) is 0 Å². The highest BCUT2D eigenvalue weighted by atomic mass is 19.1. The van der Waals surface area contributed by atoms with Gasteiger partial charge in [0.15, 0.2) is 0 Å². The minimum Gasteiger partial charge on any atom is -0.497 e. The molecule has 1 heterocycles. The summed E-state index contributed by atoms with van der Waals surface area (Å²) >= 11 is 0. The van der Waals surface area contributed by atoms with Gasteiger partial charge in [0.2, 0.25) is 0 Å². The van der Waals surface area contributed by atoms with Gasteiger partial charge in [-0.05, 0) is 31.9 Å². The van der Waals surface area contributed by atoms with Crippen molar-refractivity contribution in [2.75, 3.05) is 20.3 Å². The molecule has 0 spiro atoms. The topological polar surface area (TPSA) is 55.8 Å². The second-order valence-electron chi connectivity index (χ2n) is 4.75. The molecule has 1 aromatic rings. The lowest BCUT2D eigenvalue weighted by Crippen LogP contribution is -2.41. The van der Waals surface area contributed by atoms with Crippen molar-refractivity contribution < 1.29 is 23.5 Å². The van der Waals surface area contributed by atoms with Gasteiger partial charge in [-0.3, -0.25) is 4.79 Å². The lowest BCUT2D eigenvalue weighted by atomic mass is 10.1. The predicted octanol–water partition coefficient (Wildman–Crippen LogP) is 2.00. The summed E-state index contributed by atoms with van der Waals surface area (Å²) in [5.74, 6) is -1.25. The number of amides is 1. The molecule has 1 aromatic carbocycles. The largest absolute Gasteiger partial charge is 0.497 e. The van der Waals surface area contributed by atoms with Crippen LogP contribution in [0.2, 0.25) is 0 Å². The first-order chi connectivity index (χ1) is 10.1. The maximum absolute atomic E-state index is 14.0. The molecule has 1 unspecified atom stereocenters. The molecule has 0 N–H and O–H groups in total. The van der Waals surface area contributed by atoms with Crippen LogP contribution in [0.25, 0.3) is 0 Å². The molecule has 0 saturated carbocycles.